The molecule has 0 aromatic heterocycles. The zero-order chi connectivity index (χ0) is 21.2. The monoisotopic (exact) mass is 408 g/mol. The molecule has 1 N–H and O–H groups in total. The summed E-state index contributed by atoms with van der Waals surface area (Å²) in [4.78, 5) is 11.2. The maximum absolute atomic E-state index is 11.2. The Morgan fingerprint density at radius 2 is 1.77 bits per heavy atom. The van der Waals surface area contributed by atoms with Crippen LogP contribution in [0.4, 0.5) is 0 Å². The van der Waals surface area contributed by atoms with E-state index in [-0.39, 0.29) is 19.8 Å². The molecule has 0 amide bonds. The molecule has 0 radical (unpaired) electrons. The number of hydrogen-bond donors (Lipinski definition) is 1. The maximum Gasteiger partial charge on any atom is 0.330 e. The molecule has 0 saturated heterocycles. The highest BCUT2D eigenvalue weighted by molar-refractivity contribution is 5.81. The van der Waals surface area contributed by atoms with Crippen LogP contribution in [0.2, 0.25) is 0 Å². The number of aliphatic hydroxyl groups is 1. The van der Waals surface area contributed by atoms with Gasteiger partial charge in [-0.05, 0) is 59.9 Å². The van der Waals surface area contributed by atoms with Crippen molar-refractivity contribution in [2.24, 2.45) is 0 Å². The Balaban J connectivity index is 1.72. The fourth-order valence-electron chi connectivity index (χ4n) is 4.08. The lowest BCUT2D eigenvalue weighted by Crippen LogP contribution is -2.11. The molecule has 1 saturated carbocycles. The molecule has 4 heteroatoms. The van der Waals surface area contributed by atoms with Crippen LogP contribution < -0.4 is 4.74 Å². The van der Waals surface area contributed by atoms with Crippen LogP contribution in [-0.2, 0) is 16.0 Å². The number of benzene rings is 2. The van der Waals surface area contributed by atoms with Gasteiger partial charge in [0.2, 0.25) is 0 Å². The van der Waals surface area contributed by atoms with Gasteiger partial charge in [0, 0.05) is 12.7 Å². The number of aliphatic hydroxyl groups excluding tert-OH is 1. The van der Waals surface area contributed by atoms with Crippen molar-refractivity contribution in [1.29, 1.82) is 0 Å². The third-order valence-electron chi connectivity index (χ3n) is 5.74. The van der Waals surface area contributed by atoms with Crippen LogP contribution in [0.25, 0.3) is 11.1 Å². The zero-order valence-corrected chi connectivity index (χ0v) is 17.6. The third kappa shape index (κ3) is 6.20. The second-order valence-electron chi connectivity index (χ2n) is 7.83. The Bertz CT molecular complexity index is 819. The molecule has 4 nitrogen and oxygen atoms in total. The van der Waals surface area contributed by atoms with E-state index in [1.807, 2.05) is 6.07 Å². The molecule has 2 aromatic rings. The fourth-order valence-corrected chi connectivity index (χ4v) is 4.08. The maximum atomic E-state index is 11.2. The number of aryl methyl sites for hydroxylation is 1. The van der Waals surface area contributed by atoms with Gasteiger partial charge in [-0.25, -0.2) is 4.79 Å². The highest BCUT2D eigenvalue weighted by Gasteiger charge is 2.15. The van der Waals surface area contributed by atoms with Gasteiger partial charge in [0.1, 0.15) is 19.0 Å². The number of carbonyl (C=O) groups excluding carboxylic acids is 1. The molecular weight excluding hydrogens is 376 g/mol. The number of carbonyl (C=O) groups is 1. The Labute approximate surface area is 179 Å². The molecule has 0 heterocycles. The normalized spacial score (nSPS) is 14.3. The first kappa shape index (κ1) is 22.1. The predicted molar refractivity (Wildman–Crippen MR) is 120 cm³/mol. The van der Waals surface area contributed by atoms with Crippen molar-refractivity contribution >= 4 is 5.97 Å². The summed E-state index contributed by atoms with van der Waals surface area (Å²) in [6, 6.07) is 15.1. The lowest BCUT2D eigenvalue weighted by atomic mass is 9.83. The zero-order valence-electron chi connectivity index (χ0n) is 17.6. The van der Waals surface area contributed by atoms with E-state index in [9.17, 15) is 9.90 Å². The smallest absolute Gasteiger partial charge is 0.330 e. The predicted octanol–water partition coefficient (Wildman–Crippen LogP) is 5.43. The van der Waals surface area contributed by atoms with Crippen LogP contribution in [0.3, 0.4) is 0 Å². The van der Waals surface area contributed by atoms with Crippen LogP contribution in [0.5, 0.6) is 5.75 Å². The van der Waals surface area contributed by atoms with Gasteiger partial charge in [0.15, 0.2) is 0 Å². The van der Waals surface area contributed by atoms with Crippen molar-refractivity contribution in [2.45, 2.75) is 50.9 Å². The molecule has 1 aliphatic carbocycles. The molecule has 0 unspecified atom stereocenters. The summed E-state index contributed by atoms with van der Waals surface area (Å²) in [6.45, 7) is 3.97. The number of esters is 1. The van der Waals surface area contributed by atoms with E-state index in [0.717, 1.165) is 34.9 Å². The first-order chi connectivity index (χ1) is 14.7. The molecular formula is C26H32O4. The van der Waals surface area contributed by atoms with E-state index in [0.29, 0.717) is 12.3 Å². The molecule has 1 fully saturated rings. The molecule has 1 aliphatic rings. The summed E-state index contributed by atoms with van der Waals surface area (Å²) in [5.74, 6) is 1.02. The summed E-state index contributed by atoms with van der Waals surface area (Å²) < 4.78 is 10.9. The van der Waals surface area contributed by atoms with E-state index in [2.05, 4.69) is 43.0 Å². The first-order valence-corrected chi connectivity index (χ1v) is 11.0. The number of rotatable bonds is 10. The summed E-state index contributed by atoms with van der Waals surface area (Å²) in [5.41, 5.74) is 4.74. The van der Waals surface area contributed by atoms with Crippen molar-refractivity contribution in [1.82, 2.24) is 0 Å². The van der Waals surface area contributed by atoms with Crippen LogP contribution in [0.1, 0.15) is 55.6 Å². The molecule has 30 heavy (non-hydrogen) atoms. The van der Waals surface area contributed by atoms with E-state index in [1.54, 1.807) is 0 Å². The fraction of sp³-hybridized carbons (Fsp3) is 0.423. The first-order valence-electron chi connectivity index (χ1n) is 11.0. The third-order valence-corrected chi connectivity index (χ3v) is 5.74. The summed E-state index contributed by atoms with van der Waals surface area (Å²) in [6.07, 6.45) is 9.20. The van der Waals surface area contributed by atoms with E-state index >= 15 is 0 Å². The summed E-state index contributed by atoms with van der Waals surface area (Å²) in [5, 5.41) is 9.18. The second-order valence-corrected chi connectivity index (χ2v) is 7.83. The van der Waals surface area contributed by atoms with Crippen LogP contribution >= 0.6 is 0 Å². The molecule has 0 bridgehead atoms. The second kappa shape index (κ2) is 11.6. The van der Waals surface area contributed by atoms with Crippen LogP contribution in [-0.4, -0.2) is 30.9 Å². The van der Waals surface area contributed by atoms with E-state index < -0.39 is 5.97 Å². The lowest BCUT2D eigenvalue weighted by molar-refractivity contribution is -0.138. The molecule has 160 valence electrons. The average Bonchev–Trinajstić information content (AvgIpc) is 2.81. The van der Waals surface area contributed by atoms with Gasteiger partial charge >= 0.3 is 5.97 Å². The van der Waals surface area contributed by atoms with Gasteiger partial charge in [-0.1, -0.05) is 62.2 Å². The number of ether oxygens (including phenoxy) is 2. The minimum atomic E-state index is -0.453. The quantitative estimate of drug-likeness (QED) is 0.323. The van der Waals surface area contributed by atoms with Gasteiger partial charge in [0.05, 0.1) is 0 Å². The van der Waals surface area contributed by atoms with Gasteiger partial charge in [-0.3, -0.25) is 0 Å². The van der Waals surface area contributed by atoms with Crippen molar-refractivity contribution < 1.29 is 19.4 Å². The van der Waals surface area contributed by atoms with Gasteiger partial charge in [0.25, 0.3) is 0 Å². The number of hydrogen-bond acceptors (Lipinski definition) is 4. The Morgan fingerprint density at radius 3 is 2.47 bits per heavy atom. The van der Waals surface area contributed by atoms with E-state index in [4.69, 9.17) is 9.47 Å². The highest BCUT2D eigenvalue weighted by atomic mass is 16.6. The lowest BCUT2D eigenvalue weighted by Gasteiger charge is -2.22. The Kier molecular flexibility index (Phi) is 8.52. The minimum Gasteiger partial charge on any atom is -0.490 e. The summed E-state index contributed by atoms with van der Waals surface area (Å²) in [7, 11) is 0. The Morgan fingerprint density at radius 1 is 1.03 bits per heavy atom. The highest BCUT2D eigenvalue weighted by Crippen LogP contribution is 2.34. The SMILES string of the molecule is C=CC(=O)OCCOc1cc(-c2ccc(C3CCCCC3)cc2)ccc1CCCO. The van der Waals surface area contributed by atoms with Crippen molar-refractivity contribution in [3.63, 3.8) is 0 Å². The molecule has 2 aromatic carbocycles. The van der Waals surface area contributed by atoms with Crippen LogP contribution in [0, 0.1) is 0 Å². The van der Waals surface area contributed by atoms with Crippen molar-refractivity contribution in [3.05, 3.63) is 66.2 Å². The standard InChI is InChI=1S/C26H32O4/c1-2-26(28)30-18-17-29-25-19-24(15-14-23(25)9-6-16-27)22-12-10-21(11-13-22)20-7-4-3-5-8-20/h2,10-15,19-20,27H,1,3-9,16-18H2. The summed E-state index contributed by atoms with van der Waals surface area (Å²) >= 11 is 0. The van der Waals surface area contributed by atoms with Gasteiger partial charge < -0.3 is 14.6 Å². The minimum absolute atomic E-state index is 0.140. The average molecular weight is 409 g/mol. The van der Waals surface area contributed by atoms with Crippen LogP contribution in [0.15, 0.2) is 55.1 Å². The van der Waals surface area contributed by atoms with Crippen molar-refractivity contribution in [2.75, 3.05) is 19.8 Å². The van der Waals surface area contributed by atoms with Gasteiger partial charge in [-0.15, -0.1) is 0 Å². The topological polar surface area (TPSA) is 55.8 Å². The Hall–Kier alpha value is -2.59. The van der Waals surface area contributed by atoms with Crippen molar-refractivity contribution in [3.8, 4) is 16.9 Å². The molecule has 0 atom stereocenters. The molecule has 0 aliphatic heterocycles. The largest absolute Gasteiger partial charge is 0.490 e. The van der Waals surface area contributed by atoms with E-state index in [1.165, 1.54) is 37.7 Å². The van der Waals surface area contributed by atoms with Gasteiger partial charge in [-0.2, -0.15) is 0 Å². The molecule has 0 spiro atoms. The molecule has 3 rings (SSSR count).